The van der Waals surface area contributed by atoms with Crippen LogP contribution >= 0.6 is 0 Å². The number of hydrogen-bond acceptors (Lipinski definition) is 5. The second kappa shape index (κ2) is 10.0. The molecule has 6 heteroatoms. The fraction of sp³-hybridized carbons (Fsp3) is 0.385. The molecule has 3 aromatic rings. The molecule has 168 valence electrons. The molecule has 0 unspecified atom stereocenters. The lowest BCUT2D eigenvalue weighted by Crippen LogP contribution is -2.35. The second-order valence-corrected chi connectivity index (χ2v) is 8.45. The first kappa shape index (κ1) is 22.1. The summed E-state index contributed by atoms with van der Waals surface area (Å²) in [5.74, 6) is 1.02. The Bertz CT molecular complexity index is 1140. The van der Waals surface area contributed by atoms with E-state index in [1.54, 1.807) is 13.2 Å². The van der Waals surface area contributed by atoms with Gasteiger partial charge in [-0.1, -0.05) is 24.3 Å². The van der Waals surface area contributed by atoms with Crippen LogP contribution in [0.2, 0.25) is 0 Å². The Morgan fingerprint density at radius 2 is 1.84 bits per heavy atom. The highest BCUT2D eigenvalue weighted by molar-refractivity contribution is 5.80. The zero-order valence-corrected chi connectivity index (χ0v) is 18.8. The van der Waals surface area contributed by atoms with Crippen LogP contribution in [0.5, 0.6) is 5.75 Å². The number of ether oxygens (including phenoxy) is 1. The van der Waals surface area contributed by atoms with E-state index in [0.29, 0.717) is 25.1 Å². The molecule has 4 rings (SSSR count). The van der Waals surface area contributed by atoms with Crippen LogP contribution in [0.1, 0.15) is 29.5 Å². The summed E-state index contributed by atoms with van der Waals surface area (Å²) >= 11 is 0. The molecule has 32 heavy (non-hydrogen) atoms. The lowest BCUT2D eigenvalue weighted by Gasteiger charge is -2.22. The molecule has 0 aliphatic carbocycles. The molecule has 0 N–H and O–H groups in total. The van der Waals surface area contributed by atoms with Crippen LogP contribution in [0, 0.1) is 6.92 Å². The van der Waals surface area contributed by atoms with Gasteiger partial charge in [0, 0.05) is 50.6 Å². The Labute approximate surface area is 188 Å². The van der Waals surface area contributed by atoms with Gasteiger partial charge in [0.05, 0.1) is 7.11 Å². The summed E-state index contributed by atoms with van der Waals surface area (Å²) in [5, 5.41) is 0.979. The van der Waals surface area contributed by atoms with Crippen LogP contribution < -0.4 is 10.4 Å². The number of methoxy groups -OCH3 is 1. The lowest BCUT2D eigenvalue weighted by molar-refractivity contribution is -0.131. The van der Waals surface area contributed by atoms with Gasteiger partial charge < -0.3 is 14.1 Å². The summed E-state index contributed by atoms with van der Waals surface area (Å²) in [6.45, 7) is 5.84. The quantitative estimate of drug-likeness (QED) is 0.553. The molecule has 6 nitrogen and oxygen atoms in total. The van der Waals surface area contributed by atoms with Crippen LogP contribution in [-0.2, 0) is 17.8 Å². The number of fused-ring (bicyclic) bond motifs is 1. The topological polar surface area (TPSA) is 63.0 Å². The minimum atomic E-state index is -0.316. The Morgan fingerprint density at radius 1 is 1.03 bits per heavy atom. The summed E-state index contributed by atoms with van der Waals surface area (Å²) in [6.07, 6.45) is 2.16. The highest BCUT2D eigenvalue weighted by Gasteiger charge is 2.20. The first-order chi connectivity index (χ1) is 15.5. The van der Waals surface area contributed by atoms with E-state index in [2.05, 4.69) is 4.90 Å². The van der Waals surface area contributed by atoms with Crippen molar-refractivity contribution in [2.24, 2.45) is 0 Å². The average molecular weight is 435 g/mol. The predicted molar refractivity (Wildman–Crippen MR) is 125 cm³/mol. The molecule has 0 spiro atoms. The zero-order valence-electron chi connectivity index (χ0n) is 18.8. The van der Waals surface area contributed by atoms with E-state index in [4.69, 9.17) is 9.15 Å². The summed E-state index contributed by atoms with van der Waals surface area (Å²) in [4.78, 5) is 29.1. The van der Waals surface area contributed by atoms with Crippen molar-refractivity contribution < 1.29 is 13.9 Å². The number of carbonyl (C=O) groups excluding carboxylic acids is 1. The third kappa shape index (κ3) is 5.37. The van der Waals surface area contributed by atoms with Crippen molar-refractivity contribution in [1.29, 1.82) is 0 Å². The Kier molecular flexibility index (Phi) is 6.90. The van der Waals surface area contributed by atoms with E-state index < -0.39 is 0 Å². The van der Waals surface area contributed by atoms with Gasteiger partial charge in [-0.2, -0.15) is 0 Å². The monoisotopic (exact) mass is 434 g/mol. The zero-order chi connectivity index (χ0) is 22.5. The van der Waals surface area contributed by atoms with Crippen molar-refractivity contribution in [3.63, 3.8) is 0 Å². The van der Waals surface area contributed by atoms with E-state index >= 15 is 0 Å². The molecular formula is C26H30N2O4. The van der Waals surface area contributed by atoms with Crippen molar-refractivity contribution in [2.75, 3.05) is 33.3 Å². The Balaban J connectivity index is 1.35. The van der Waals surface area contributed by atoms with Crippen molar-refractivity contribution in [2.45, 2.75) is 32.7 Å². The third-order valence-corrected chi connectivity index (χ3v) is 6.11. The third-order valence-electron chi connectivity index (χ3n) is 6.11. The van der Waals surface area contributed by atoms with Gasteiger partial charge in [-0.05, 0) is 54.7 Å². The molecule has 1 aliphatic heterocycles. The lowest BCUT2D eigenvalue weighted by atomic mass is 10.1. The standard InChI is InChI=1S/C26H30N2O4/c1-19-4-10-23-21(17-26(30)32-24(23)16-19)18-27-12-3-13-28(15-14-27)25(29)11-7-20-5-8-22(31-2)9-6-20/h4-6,8-10,16-17H,3,7,11-15,18H2,1-2H3. The summed E-state index contributed by atoms with van der Waals surface area (Å²) < 4.78 is 10.6. The van der Waals surface area contributed by atoms with E-state index in [1.807, 2.05) is 54.3 Å². The van der Waals surface area contributed by atoms with E-state index in [1.165, 1.54) is 0 Å². The van der Waals surface area contributed by atoms with E-state index in [0.717, 1.165) is 60.3 Å². The van der Waals surface area contributed by atoms with Crippen molar-refractivity contribution in [3.05, 3.63) is 75.6 Å². The molecule has 1 amide bonds. The van der Waals surface area contributed by atoms with Crippen LogP contribution in [0.3, 0.4) is 0 Å². The summed E-state index contributed by atoms with van der Waals surface area (Å²) in [5.41, 5.74) is 3.51. The van der Waals surface area contributed by atoms with E-state index in [9.17, 15) is 9.59 Å². The molecule has 0 atom stereocenters. The van der Waals surface area contributed by atoms with Gasteiger partial charge in [0.1, 0.15) is 11.3 Å². The summed E-state index contributed by atoms with van der Waals surface area (Å²) in [6, 6.07) is 15.5. The molecule has 2 heterocycles. The van der Waals surface area contributed by atoms with Gasteiger partial charge in [-0.15, -0.1) is 0 Å². The number of rotatable bonds is 6. The molecule has 1 saturated heterocycles. The SMILES string of the molecule is COc1ccc(CCC(=O)N2CCCN(Cc3cc(=O)oc4cc(C)ccc34)CC2)cc1. The minimum Gasteiger partial charge on any atom is -0.497 e. The van der Waals surface area contributed by atoms with Gasteiger partial charge in [-0.3, -0.25) is 9.69 Å². The molecule has 0 radical (unpaired) electrons. The van der Waals surface area contributed by atoms with Crippen LogP contribution in [0.15, 0.2) is 57.7 Å². The van der Waals surface area contributed by atoms with Gasteiger partial charge in [0.2, 0.25) is 5.91 Å². The normalized spacial score (nSPS) is 15.0. The van der Waals surface area contributed by atoms with Gasteiger partial charge in [0.15, 0.2) is 0 Å². The largest absolute Gasteiger partial charge is 0.497 e. The van der Waals surface area contributed by atoms with Crippen LogP contribution in [0.25, 0.3) is 11.0 Å². The van der Waals surface area contributed by atoms with Crippen molar-refractivity contribution >= 4 is 16.9 Å². The van der Waals surface area contributed by atoms with Crippen molar-refractivity contribution in [3.8, 4) is 5.75 Å². The first-order valence-corrected chi connectivity index (χ1v) is 11.2. The van der Waals surface area contributed by atoms with Crippen molar-refractivity contribution in [1.82, 2.24) is 9.80 Å². The number of amides is 1. The number of aryl methyl sites for hydroxylation is 2. The Morgan fingerprint density at radius 3 is 2.62 bits per heavy atom. The fourth-order valence-corrected chi connectivity index (χ4v) is 4.29. The Hall–Kier alpha value is -3.12. The minimum absolute atomic E-state index is 0.198. The maximum absolute atomic E-state index is 12.8. The van der Waals surface area contributed by atoms with Gasteiger partial charge in [0.25, 0.3) is 0 Å². The number of carbonyl (C=O) groups is 1. The highest BCUT2D eigenvalue weighted by atomic mass is 16.5. The average Bonchev–Trinajstić information content (AvgIpc) is 3.03. The second-order valence-electron chi connectivity index (χ2n) is 8.45. The van der Waals surface area contributed by atoms with Gasteiger partial charge >= 0.3 is 5.63 Å². The number of hydrogen-bond donors (Lipinski definition) is 0. The molecule has 2 aromatic carbocycles. The van der Waals surface area contributed by atoms with Crippen LogP contribution in [-0.4, -0.2) is 49.0 Å². The number of benzene rings is 2. The predicted octanol–water partition coefficient (Wildman–Crippen LogP) is 3.78. The van der Waals surface area contributed by atoms with E-state index in [-0.39, 0.29) is 11.5 Å². The molecule has 0 saturated carbocycles. The maximum atomic E-state index is 12.8. The fourth-order valence-electron chi connectivity index (χ4n) is 4.29. The first-order valence-electron chi connectivity index (χ1n) is 11.2. The molecule has 0 bridgehead atoms. The maximum Gasteiger partial charge on any atom is 0.336 e. The smallest absolute Gasteiger partial charge is 0.336 e. The molecule has 1 aromatic heterocycles. The van der Waals surface area contributed by atoms with Gasteiger partial charge in [-0.25, -0.2) is 4.79 Å². The highest BCUT2D eigenvalue weighted by Crippen LogP contribution is 2.21. The van der Waals surface area contributed by atoms with Crippen LogP contribution in [0.4, 0.5) is 0 Å². The molecule has 1 aliphatic rings. The summed E-state index contributed by atoms with van der Waals surface area (Å²) in [7, 11) is 1.65. The molecular weight excluding hydrogens is 404 g/mol. The molecule has 1 fully saturated rings. The number of nitrogens with zero attached hydrogens (tertiary/aromatic N) is 2.